The summed E-state index contributed by atoms with van der Waals surface area (Å²) >= 11 is 0. The number of carbonyl (C=O) groups is 1. The van der Waals surface area contributed by atoms with Gasteiger partial charge in [0, 0.05) is 6.54 Å². The van der Waals surface area contributed by atoms with Crippen molar-refractivity contribution in [3.8, 4) is 0 Å². The van der Waals surface area contributed by atoms with Gasteiger partial charge in [0.05, 0.1) is 24.7 Å². The van der Waals surface area contributed by atoms with Gasteiger partial charge in [-0.2, -0.15) is 0 Å². The standard InChI is InChI=1S/C20H23NO2/c1-15-14-23-16(2)13-21(15)20(22)19(17-9-5-3-6-10-17)18-11-7-4-8-12-18/h3-12,15-16,19H,13-14H2,1-2H3. The minimum atomic E-state index is -0.259. The summed E-state index contributed by atoms with van der Waals surface area (Å²) in [5.74, 6) is -0.102. The average Bonchev–Trinajstić information content (AvgIpc) is 2.59. The van der Waals surface area contributed by atoms with Gasteiger partial charge in [0.25, 0.3) is 0 Å². The van der Waals surface area contributed by atoms with Gasteiger partial charge < -0.3 is 9.64 Å². The van der Waals surface area contributed by atoms with Crippen molar-refractivity contribution >= 4 is 5.91 Å². The maximum atomic E-state index is 13.3. The van der Waals surface area contributed by atoms with Crippen molar-refractivity contribution in [1.29, 1.82) is 0 Å². The minimum absolute atomic E-state index is 0.0855. The lowest BCUT2D eigenvalue weighted by atomic mass is 9.89. The van der Waals surface area contributed by atoms with Crippen LogP contribution in [0.5, 0.6) is 0 Å². The first-order valence-electron chi connectivity index (χ1n) is 8.19. The third-order valence-corrected chi connectivity index (χ3v) is 4.40. The second kappa shape index (κ2) is 6.97. The van der Waals surface area contributed by atoms with Crippen LogP contribution in [-0.2, 0) is 9.53 Å². The molecular formula is C20H23NO2. The van der Waals surface area contributed by atoms with E-state index >= 15 is 0 Å². The molecule has 1 aliphatic heterocycles. The number of hydrogen-bond donors (Lipinski definition) is 0. The fourth-order valence-electron chi connectivity index (χ4n) is 3.14. The highest BCUT2D eigenvalue weighted by Gasteiger charge is 2.33. The van der Waals surface area contributed by atoms with Crippen LogP contribution < -0.4 is 0 Å². The number of benzene rings is 2. The number of rotatable bonds is 3. The number of ether oxygens (including phenoxy) is 1. The van der Waals surface area contributed by atoms with Crippen molar-refractivity contribution in [3.63, 3.8) is 0 Å². The Balaban J connectivity index is 1.97. The molecule has 0 saturated carbocycles. The SMILES string of the molecule is CC1CN(C(=O)C(c2ccccc2)c2ccccc2)C(C)CO1. The molecule has 0 spiro atoms. The summed E-state index contributed by atoms with van der Waals surface area (Å²) in [4.78, 5) is 15.3. The van der Waals surface area contributed by atoms with Crippen molar-refractivity contribution in [2.75, 3.05) is 13.2 Å². The molecule has 3 nitrogen and oxygen atoms in total. The molecule has 0 N–H and O–H groups in total. The first-order valence-corrected chi connectivity index (χ1v) is 8.19. The molecule has 1 heterocycles. The Morgan fingerprint density at radius 2 is 1.52 bits per heavy atom. The average molecular weight is 309 g/mol. The Kier molecular flexibility index (Phi) is 4.77. The third kappa shape index (κ3) is 3.45. The molecule has 2 atom stereocenters. The number of hydrogen-bond acceptors (Lipinski definition) is 2. The molecule has 2 aromatic carbocycles. The molecule has 1 aliphatic rings. The van der Waals surface area contributed by atoms with Crippen LogP contribution in [0.15, 0.2) is 60.7 Å². The van der Waals surface area contributed by atoms with Gasteiger partial charge in [-0.15, -0.1) is 0 Å². The third-order valence-electron chi connectivity index (χ3n) is 4.40. The summed E-state index contributed by atoms with van der Waals surface area (Å²) in [6.45, 7) is 5.32. The molecule has 2 aromatic rings. The van der Waals surface area contributed by atoms with E-state index in [4.69, 9.17) is 4.74 Å². The van der Waals surface area contributed by atoms with Crippen LogP contribution in [0.25, 0.3) is 0 Å². The smallest absolute Gasteiger partial charge is 0.234 e. The van der Waals surface area contributed by atoms with Crippen molar-refractivity contribution in [1.82, 2.24) is 4.90 Å². The Labute approximate surface area is 137 Å². The molecule has 1 fully saturated rings. The highest BCUT2D eigenvalue weighted by Crippen LogP contribution is 2.28. The number of amides is 1. The zero-order chi connectivity index (χ0) is 16.2. The van der Waals surface area contributed by atoms with E-state index < -0.39 is 0 Å². The number of morpholine rings is 1. The maximum absolute atomic E-state index is 13.3. The Morgan fingerprint density at radius 1 is 1.00 bits per heavy atom. The molecule has 0 aliphatic carbocycles. The van der Waals surface area contributed by atoms with Gasteiger partial charge in [-0.1, -0.05) is 60.7 Å². The van der Waals surface area contributed by atoms with Gasteiger partial charge in [-0.25, -0.2) is 0 Å². The molecular weight excluding hydrogens is 286 g/mol. The maximum Gasteiger partial charge on any atom is 0.234 e. The topological polar surface area (TPSA) is 29.5 Å². The summed E-state index contributed by atoms with van der Waals surface area (Å²) in [6.07, 6.45) is 0.0855. The van der Waals surface area contributed by atoms with E-state index in [0.29, 0.717) is 13.2 Å². The summed E-state index contributed by atoms with van der Waals surface area (Å²) < 4.78 is 5.67. The summed E-state index contributed by atoms with van der Waals surface area (Å²) in [5, 5.41) is 0. The Bertz CT molecular complexity index is 602. The van der Waals surface area contributed by atoms with Crippen molar-refractivity contribution in [2.45, 2.75) is 31.9 Å². The fraction of sp³-hybridized carbons (Fsp3) is 0.350. The molecule has 0 radical (unpaired) electrons. The largest absolute Gasteiger partial charge is 0.375 e. The van der Waals surface area contributed by atoms with Gasteiger partial charge in [0.1, 0.15) is 0 Å². The monoisotopic (exact) mass is 309 g/mol. The van der Waals surface area contributed by atoms with E-state index in [1.54, 1.807) is 0 Å². The zero-order valence-electron chi connectivity index (χ0n) is 13.7. The molecule has 3 heteroatoms. The van der Waals surface area contributed by atoms with Gasteiger partial charge in [-0.3, -0.25) is 4.79 Å². The van der Waals surface area contributed by atoms with Gasteiger partial charge in [0.15, 0.2) is 0 Å². The van der Waals surface area contributed by atoms with Crippen molar-refractivity contribution in [2.24, 2.45) is 0 Å². The molecule has 0 aromatic heterocycles. The van der Waals surface area contributed by atoms with E-state index in [1.165, 1.54) is 0 Å². The quantitative estimate of drug-likeness (QED) is 0.869. The van der Waals surface area contributed by atoms with E-state index in [2.05, 4.69) is 6.92 Å². The van der Waals surface area contributed by atoms with Gasteiger partial charge in [-0.05, 0) is 25.0 Å². The molecule has 1 amide bonds. The highest BCUT2D eigenvalue weighted by atomic mass is 16.5. The van der Waals surface area contributed by atoms with Crippen LogP contribution in [0.1, 0.15) is 30.9 Å². The number of carbonyl (C=O) groups excluding carboxylic acids is 1. The van der Waals surface area contributed by atoms with E-state index in [0.717, 1.165) is 11.1 Å². The van der Waals surface area contributed by atoms with Crippen LogP contribution >= 0.6 is 0 Å². The zero-order valence-corrected chi connectivity index (χ0v) is 13.7. The van der Waals surface area contributed by atoms with Crippen LogP contribution in [0.2, 0.25) is 0 Å². The van der Waals surface area contributed by atoms with E-state index in [-0.39, 0.29) is 24.0 Å². The Morgan fingerprint density at radius 3 is 2.04 bits per heavy atom. The minimum Gasteiger partial charge on any atom is -0.375 e. The fourth-order valence-corrected chi connectivity index (χ4v) is 3.14. The predicted octanol–water partition coefficient (Wildman–Crippen LogP) is 3.45. The molecule has 3 rings (SSSR count). The predicted molar refractivity (Wildman–Crippen MR) is 91.3 cm³/mol. The van der Waals surface area contributed by atoms with Gasteiger partial charge >= 0.3 is 0 Å². The number of nitrogens with zero attached hydrogens (tertiary/aromatic N) is 1. The van der Waals surface area contributed by atoms with Gasteiger partial charge in [0.2, 0.25) is 5.91 Å². The normalized spacial score (nSPS) is 21.4. The summed E-state index contributed by atoms with van der Waals surface area (Å²) in [7, 11) is 0. The van der Waals surface area contributed by atoms with Crippen LogP contribution in [0, 0.1) is 0 Å². The molecule has 0 bridgehead atoms. The molecule has 23 heavy (non-hydrogen) atoms. The van der Waals surface area contributed by atoms with E-state index in [9.17, 15) is 4.79 Å². The lowest BCUT2D eigenvalue weighted by Crippen LogP contribution is -2.51. The first-order chi connectivity index (χ1) is 11.2. The molecule has 120 valence electrons. The van der Waals surface area contributed by atoms with Crippen molar-refractivity contribution < 1.29 is 9.53 Å². The van der Waals surface area contributed by atoms with Crippen LogP contribution in [0.3, 0.4) is 0 Å². The summed E-state index contributed by atoms with van der Waals surface area (Å²) in [6, 6.07) is 20.2. The molecule has 1 saturated heterocycles. The lowest BCUT2D eigenvalue weighted by Gasteiger charge is -2.39. The Hall–Kier alpha value is -2.13. The summed E-state index contributed by atoms with van der Waals surface area (Å²) in [5.41, 5.74) is 2.07. The second-order valence-corrected chi connectivity index (χ2v) is 6.24. The second-order valence-electron chi connectivity index (χ2n) is 6.24. The highest BCUT2D eigenvalue weighted by molar-refractivity contribution is 5.87. The van der Waals surface area contributed by atoms with E-state index in [1.807, 2.05) is 72.5 Å². The van der Waals surface area contributed by atoms with Crippen molar-refractivity contribution in [3.05, 3.63) is 71.8 Å². The molecule has 2 unspecified atom stereocenters. The first kappa shape index (κ1) is 15.8. The van der Waals surface area contributed by atoms with Crippen LogP contribution in [-0.4, -0.2) is 36.1 Å². The van der Waals surface area contributed by atoms with Crippen LogP contribution in [0.4, 0.5) is 0 Å². The lowest BCUT2D eigenvalue weighted by molar-refractivity contribution is -0.143.